The molecule has 3 rings (SSSR count). The van der Waals surface area contributed by atoms with E-state index in [1.54, 1.807) is 4.90 Å². The number of rotatable bonds is 1. The number of hydrogen-bond acceptors (Lipinski definition) is 4. The number of pyridine rings is 1. The third-order valence-electron chi connectivity index (χ3n) is 4.28. The molecule has 0 saturated carbocycles. The van der Waals surface area contributed by atoms with Crippen molar-refractivity contribution < 1.29 is 22.5 Å². The highest BCUT2D eigenvalue weighted by Crippen LogP contribution is 2.37. The lowest BCUT2D eigenvalue weighted by Crippen LogP contribution is -2.54. The van der Waals surface area contributed by atoms with Gasteiger partial charge in [-0.25, -0.2) is 4.98 Å². The molecule has 3 heterocycles. The molecule has 0 radical (unpaired) electrons. The Morgan fingerprint density at radius 2 is 2.21 bits per heavy atom. The van der Waals surface area contributed by atoms with Gasteiger partial charge in [0, 0.05) is 38.3 Å². The molecule has 9 heteroatoms. The first-order chi connectivity index (χ1) is 11.3. The zero-order valence-corrected chi connectivity index (χ0v) is 13.6. The summed E-state index contributed by atoms with van der Waals surface area (Å²) in [4.78, 5) is 19.4. The van der Waals surface area contributed by atoms with Gasteiger partial charge in [0.1, 0.15) is 5.75 Å². The van der Waals surface area contributed by atoms with Crippen molar-refractivity contribution in [1.29, 1.82) is 0 Å². The molecule has 0 spiro atoms. The van der Waals surface area contributed by atoms with Crippen LogP contribution in [0.2, 0.25) is 0 Å². The van der Waals surface area contributed by atoms with Crippen LogP contribution in [0.25, 0.3) is 0 Å². The summed E-state index contributed by atoms with van der Waals surface area (Å²) in [6.45, 7) is 4.75. The number of fused-ring (bicyclic) bond motifs is 3. The average molecular weight is 359 g/mol. The van der Waals surface area contributed by atoms with Crippen molar-refractivity contribution in [1.82, 2.24) is 9.88 Å². The predicted octanol–water partition coefficient (Wildman–Crippen LogP) is 1.81. The van der Waals surface area contributed by atoms with Gasteiger partial charge < -0.3 is 14.4 Å². The van der Waals surface area contributed by atoms with Gasteiger partial charge in [-0.2, -0.15) is 13.2 Å². The molecule has 5 nitrogen and oxygen atoms in total. The van der Waals surface area contributed by atoms with Crippen LogP contribution in [-0.4, -0.2) is 51.8 Å². The van der Waals surface area contributed by atoms with Crippen LogP contribution in [0.15, 0.2) is 29.8 Å². The lowest BCUT2D eigenvalue weighted by Gasteiger charge is -2.40. The summed E-state index contributed by atoms with van der Waals surface area (Å²) < 4.78 is 51.1. The number of halogens is 3. The summed E-state index contributed by atoms with van der Waals surface area (Å²) in [5.74, 6) is 0.392. The topological polar surface area (TPSA) is 59.5 Å². The van der Waals surface area contributed by atoms with Crippen molar-refractivity contribution in [2.24, 2.45) is 0 Å². The van der Waals surface area contributed by atoms with E-state index < -0.39 is 22.9 Å². The van der Waals surface area contributed by atoms with Gasteiger partial charge in [-0.1, -0.05) is 6.58 Å². The van der Waals surface area contributed by atoms with E-state index in [9.17, 15) is 22.5 Å². The Labute approximate surface area is 140 Å². The molecule has 1 amide bonds. The molecule has 0 aromatic carbocycles. The second-order valence-electron chi connectivity index (χ2n) is 5.72. The molecule has 24 heavy (non-hydrogen) atoms. The van der Waals surface area contributed by atoms with E-state index in [0.29, 0.717) is 31.9 Å². The molecular weight excluding hydrogens is 343 g/mol. The summed E-state index contributed by atoms with van der Waals surface area (Å²) >= 11 is -1.55. The zero-order valence-electron chi connectivity index (χ0n) is 12.8. The van der Waals surface area contributed by atoms with Crippen LogP contribution in [0.5, 0.6) is 0 Å². The number of aromatic nitrogens is 1. The van der Waals surface area contributed by atoms with Crippen LogP contribution < -0.4 is 4.90 Å². The average Bonchev–Trinajstić information content (AvgIpc) is 2.70. The molecule has 2 unspecified atom stereocenters. The number of amides is 1. The van der Waals surface area contributed by atoms with E-state index in [4.69, 9.17) is 0 Å². The second kappa shape index (κ2) is 6.29. The van der Waals surface area contributed by atoms with Crippen molar-refractivity contribution in [3.8, 4) is 0 Å². The van der Waals surface area contributed by atoms with Gasteiger partial charge in [0.05, 0.1) is 11.6 Å². The van der Waals surface area contributed by atoms with E-state index >= 15 is 0 Å². The maximum absolute atomic E-state index is 12.9. The Kier molecular flexibility index (Phi) is 4.48. The molecule has 1 fully saturated rings. The van der Waals surface area contributed by atoms with Gasteiger partial charge >= 0.3 is 6.18 Å². The van der Waals surface area contributed by atoms with Crippen molar-refractivity contribution >= 4 is 22.9 Å². The monoisotopic (exact) mass is 359 g/mol. The standard InChI is InChI=1S/C15H16F3N3O2S/c1-2-13(22)20-4-5-21-11(9-20)3-6-24(23)12-7-10(15(16,17)18)8-19-14(12)21/h2,7-8,11H,1,3-6,9H2. The lowest BCUT2D eigenvalue weighted by molar-refractivity contribution is -0.138. The number of carbonyl (C=O) groups is 1. The fourth-order valence-corrected chi connectivity index (χ4v) is 4.38. The van der Waals surface area contributed by atoms with Crippen LogP contribution in [0.4, 0.5) is 19.0 Å². The van der Waals surface area contributed by atoms with Gasteiger partial charge in [0.2, 0.25) is 5.91 Å². The Bertz CT molecular complexity index is 668. The number of anilines is 1. The molecule has 1 aromatic heterocycles. The van der Waals surface area contributed by atoms with Crippen LogP contribution in [0.3, 0.4) is 0 Å². The van der Waals surface area contributed by atoms with Gasteiger partial charge in [0.15, 0.2) is 10.7 Å². The minimum Gasteiger partial charge on any atom is -0.611 e. The first kappa shape index (κ1) is 17.1. The number of hydrogen-bond donors (Lipinski definition) is 0. The SMILES string of the molecule is C=CC(=O)N1CCN2c3ncc(C(F)(F)F)cc3[S+]([O-])CCC2C1. The summed E-state index contributed by atoms with van der Waals surface area (Å²) in [5, 5.41) is 0. The number of piperazine rings is 1. The fraction of sp³-hybridized carbons (Fsp3) is 0.467. The largest absolute Gasteiger partial charge is 0.611 e. The highest BCUT2D eigenvalue weighted by Gasteiger charge is 2.39. The molecule has 2 aliphatic rings. The molecule has 0 N–H and O–H groups in total. The molecule has 1 saturated heterocycles. The summed E-state index contributed by atoms with van der Waals surface area (Å²) in [6, 6.07) is 0.819. The second-order valence-corrected chi connectivity index (χ2v) is 7.26. The van der Waals surface area contributed by atoms with Gasteiger partial charge in [-0.3, -0.25) is 4.79 Å². The molecular formula is C15H16F3N3O2S. The minimum absolute atomic E-state index is 0.114. The third-order valence-corrected chi connectivity index (χ3v) is 5.68. The van der Waals surface area contributed by atoms with Crippen molar-refractivity contribution in [3.63, 3.8) is 0 Å². The minimum atomic E-state index is -4.52. The Morgan fingerprint density at radius 1 is 1.46 bits per heavy atom. The van der Waals surface area contributed by atoms with E-state index in [2.05, 4.69) is 11.6 Å². The van der Waals surface area contributed by atoms with E-state index in [-0.39, 0.29) is 22.6 Å². The molecule has 0 aliphatic carbocycles. The zero-order chi connectivity index (χ0) is 17.5. The third kappa shape index (κ3) is 3.10. The summed E-state index contributed by atoms with van der Waals surface area (Å²) in [6.07, 6.45) is -1.98. The maximum atomic E-state index is 12.9. The molecule has 1 aromatic rings. The first-order valence-corrected chi connectivity index (χ1v) is 8.76. The van der Waals surface area contributed by atoms with Gasteiger partial charge in [-0.05, 0) is 17.3 Å². The molecule has 130 valence electrons. The number of alkyl halides is 3. The normalized spacial score (nSPS) is 24.0. The molecule has 2 atom stereocenters. The Hall–Kier alpha value is -1.74. The molecule has 2 aliphatic heterocycles. The Morgan fingerprint density at radius 3 is 2.88 bits per heavy atom. The maximum Gasteiger partial charge on any atom is 0.418 e. The highest BCUT2D eigenvalue weighted by atomic mass is 32.2. The van der Waals surface area contributed by atoms with E-state index in [1.807, 2.05) is 4.90 Å². The Balaban J connectivity index is 1.94. The van der Waals surface area contributed by atoms with Crippen molar-refractivity contribution in [2.45, 2.75) is 23.5 Å². The van der Waals surface area contributed by atoms with Crippen molar-refractivity contribution in [2.75, 3.05) is 30.3 Å². The number of carbonyl (C=O) groups excluding carboxylic acids is 1. The van der Waals surface area contributed by atoms with Crippen LogP contribution in [0.1, 0.15) is 12.0 Å². The van der Waals surface area contributed by atoms with E-state index in [0.717, 1.165) is 12.3 Å². The predicted molar refractivity (Wildman–Crippen MR) is 83.0 cm³/mol. The first-order valence-electron chi connectivity index (χ1n) is 7.45. The highest BCUT2D eigenvalue weighted by molar-refractivity contribution is 7.91. The van der Waals surface area contributed by atoms with Crippen LogP contribution >= 0.6 is 0 Å². The van der Waals surface area contributed by atoms with Crippen LogP contribution in [-0.2, 0) is 22.1 Å². The molecule has 0 bridgehead atoms. The fourth-order valence-electron chi connectivity index (χ4n) is 3.04. The van der Waals surface area contributed by atoms with Gasteiger partial charge in [-0.15, -0.1) is 0 Å². The van der Waals surface area contributed by atoms with Crippen molar-refractivity contribution in [3.05, 3.63) is 30.5 Å². The summed E-state index contributed by atoms with van der Waals surface area (Å²) in [7, 11) is 0. The summed E-state index contributed by atoms with van der Waals surface area (Å²) in [5.41, 5.74) is -0.895. The van der Waals surface area contributed by atoms with Crippen LogP contribution in [0, 0.1) is 0 Å². The number of nitrogens with zero attached hydrogens (tertiary/aromatic N) is 3. The lowest BCUT2D eigenvalue weighted by atomic mass is 10.1. The van der Waals surface area contributed by atoms with Gasteiger partial charge in [0.25, 0.3) is 0 Å². The van der Waals surface area contributed by atoms with E-state index in [1.165, 1.54) is 6.08 Å². The smallest absolute Gasteiger partial charge is 0.418 e. The quantitative estimate of drug-likeness (QED) is 0.567.